The highest BCUT2D eigenvalue weighted by Gasteiger charge is 2.34. The maximum Gasteiger partial charge on any atom is 0.326 e. The van der Waals surface area contributed by atoms with Gasteiger partial charge in [-0.15, -0.1) is 0 Å². The number of carboxylic acids is 1. The lowest BCUT2D eigenvalue weighted by atomic mass is 10.0. The van der Waals surface area contributed by atoms with Gasteiger partial charge in [0.2, 0.25) is 0 Å². The molecule has 0 aromatic heterocycles. The lowest BCUT2D eigenvalue weighted by Gasteiger charge is -2.34. The van der Waals surface area contributed by atoms with Crippen molar-refractivity contribution in [3.8, 4) is 5.75 Å². The van der Waals surface area contributed by atoms with Gasteiger partial charge in [-0.05, 0) is 44.4 Å². The summed E-state index contributed by atoms with van der Waals surface area (Å²) in [5.41, 5.74) is 0. The summed E-state index contributed by atoms with van der Waals surface area (Å²) in [5, 5.41) is 9.74. The third-order valence-electron chi connectivity index (χ3n) is 3.53. The molecule has 1 saturated heterocycles. The molecule has 1 heterocycles. The number of amides is 1. The summed E-state index contributed by atoms with van der Waals surface area (Å²) in [6, 6.07) is 6.02. The zero-order valence-electron chi connectivity index (χ0n) is 11.8. The molecule has 1 fully saturated rings. The summed E-state index contributed by atoms with van der Waals surface area (Å²) >= 11 is 5.87. The molecule has 1 amide bonds. The Balaban J connectivity index is 2.05. The van der Waals surface area contributed by atoms with Gasteiger partial charge in [-0.25, -0.2) is 4.79 Å². The molecular formula is C15H18ClNO4. The second-order valence-electron chi connectivity index (χ2n) is 5.10. The maximum atomic E-state index is 12.4. The number of likely N-dealkylation sites (tertiary alicyclic amines) is 1. The van der Waals surface area contributed by atoms with E-state index >= 15 is 0 Å². The molecule has 0 saturated carbocycles. The highest BCUT2D eigenvalue weighted by molar-refractivity contribution is 6.30. The van der Waals surface area contributed by atoms with Gasteiger partial charge in [-0.2, -0.15) is 0 Å². The van der Waals surface area contributed by atoms with Crippen LogP contribution >= 0.6 is 11.6 Å². The summed E-state index contributed by atoms with van der Waals surface area (Å²) in [6.07, 6.45) is 1.39. The number of ether oxygens (including phenoxy) is 1. The Bertz CT molecular complexity index is 534. The summed E-state index contributed by atoms with van der Waals surface area (Å²) in [5.74, 6) is -0.771. The van der Waals surface area contributed by atoms with E-state index in [-0.39, 0.29) is 5.91 Å². The molecule has 1 unspecified atom stereocenters. The summed E-state index contributed by atoms with van der Waals surface area (Å²) in [6.45, 7) is 2.08. The van der Waals surface area contributed by atoms with E-state index in [1.54, 1.807) is 31.2 Å². The predicted octanol–water partition coefficient (Wildman–Crippen LogP) is 2.57. The van der Waals surface area contributed by atoms with Gasteiger partial charge in [-0.3, -0.25) is 4.79 Å². The van der Waals surface area contributed by atoms with Crippen LogP contribution in [0.3, 0.4) is 0 Å². The molecule has 0 aliphatic carbocycles. The number of rotatable bonds is 4. The summed E-state index contributed by atoms with van der Waals surface area (Å²) < 4.78 is 5.57. The maximum absolute atomic E-state index is 12.4. The molecule has 0 radical (unpaired) electrons. The summed E-state index contributed by atoms with van der Waals surface area (Å²) in [4.78, 5) is 25.1. The van der Waals surface area contributed by atoms with Gasteiger partial charge in [0.05, 0.1) is 0 Å². The van der Waals surface area contributed by atoms with Crippen LogP contribution in [0.15, 0.2) is 24.3 Å². The van der Waals surface area contributed by atoms with Crippen molar-refractivity contribution in [1.82, 2.24) is 4.90 Å². The van der Waals surface area contributed by atoms with Gasteiger partial charge in [0.1, 0.15) is 11.8 Å². The van der Waals surface area contributed by atoms with Gasteiger partial charge in [0, 0.05) is 11.6 Å². The van der Waals surface area contributed by atoms with Crippen molar-refractivity contribution >= 4 is 23.5 Å². The number of piperidine rings is 1. The fraction of sp³-hybridized carbons (Fsp3) is 0.467. The fourth-order valence-corrected chi connectivity index (χ4v) is 2.66. The van der Waals surface area contributed by atoms with Crippen molar-refractivity contribution in [2.75, 3.05) is 6.54 Å². The lowest BCUT2D eigenvalue weighted by molar-refractivity contribution is -0.155. The van der Waals surface area contributed by atoms with Crippen LogP contribution in [-0.4, -0.2) is 40.6 Å². The van der Waals surface area contributed by atoms with Gasteiger partial charge in [-0.1, -0.05) is 17.7 Å². The number of carboxylic acid groups (broad SMARTS) is 1. The second kappa shape index (κ2) is 6.80. The topological polar surface area (TPSA) is 66.8 Å². The molecule has 2 rings (SSSR count). The van der Waals surface area contributed by atoms with Crippen molar-refractivity contribution in [3.63, 3.8) is 0 Å². The molecule has 1 aromatic rings. The Kier molecular flexibility index (Phi) is 5.07. The fourth-order valence-electron chi connectivity index (χ4n) is 2.48. The minimum absolute atomic E-state index is 0.304. The first-order valence-electron chi connectivity index (χ1n) is 6.94. The van der Waals surface area contributed by atoms with Crippen LogP contribution in [0.5, 0.6) is 5.75 Å². The van der Waals surface area contributed by atoms with Crippen LogP contribution in [0.2, 0.25) is 5.02 Å². The van der Waals surface area contributed by atoms with Crippen molar-refractivity contribution in [2.24, 2.45) is 0 Å². The number of benzene rings is 1. The molecule has 1 aromatic carbocycles. The third-order valence-corrected chi connectivity index (χ3v) is 3.76. The molecular weight excluding hydrogens is 294 g/mol. The van der Waals surface area contributed by atoms with Crippen LogP contribution in [0, 0.1) is 0 Å². The third kappa shape index (κ3) is 3.88. The first kappa shape index (κ1) is 15.6. The van der Waals surface area contributed by atoms with Crippen LogP contribution < -0.4 is 4.74 Å². The van der Waals surface area contributed by atoms with E-state index in [4.69, 9.17) is 16.3 Å². The van der Waals surface area contributed by atoms with E-state index in [1.807, 2.05) is 0 Å². The monoisotopic (exact) mass is 311 g/mol. The van der Waals surface area contributed by atoms with Crippen LogP contribution in [0.4, 0.5) is 0 Å². The van der Waals surface area contributed by atoms with E-state index in [1.165, 1.54) is 4.90 Å². The average molecular weight is 312 g/mol. The molecule has 6 heteroatoms. The van der Waals surface area contributed by atoms with E-state index in [0.29, 0.717) is 23.7 Å². The molecule has 5 nitrogen and oxygen atoms in total. The Labute approximate surface area is 128 Å². The quantitative estimate of drug-likeness (QED) is 0.928. The Morgan fingerprint density at radius 2 is 2.19 bits per heavy atom. The van der Waals surface area contributed by atoms with Gasteiger partial charge < -0.3 is 14.7 Å². The predicted molar refractivity (Wildman–Crippen MR) is 78.5 cm³/mol. The molecule has 0 bridgehead atoms. The smallest absolute Gasteiger partial charge is 0.326 e. The number of hydrogen-bond donors (Lipinski definition) is 1. The zero-order chi connectivity index (χ0) is 15.4. The number of carbonyl (C=O) groups is 2. The van der Waals surface area contributed by atoms with Crippen LogP contribution in [0.25, 0.3) is 0 Å². The van der Waals surface area contributed by atoms with Gasteiger partial charge >= 0.3 is 5.97 Å². The van der Waals surface area contributed by atoms with Crippen LogP contribution in [0.1, 0.15) is 26.2 Å². The Morgan fingerprint density at radius 3 is 2.86 bits per heavy atom. The second-order valence-corrected chi connectivity index (χ2v) is 5.54. The lowest BCUT2D eigenvalue weighted by Crippen LogP contribution is -2.52. The Hall–Kier alpha value is -1.75. The van der Waals surface area contributed by atoms with E-state index < -0.39 is 18.1 Å². The number of carbonyl (C=O) groups excluding carboxylic acids is 1. The van der Waals surface area contributed by atoms with E-state index in [0.717, 1.165) is 12.8 Å². The molecule has 1 aliphatic heterocycles. The molecule has 0 spiro atoms. The van der Waals surface area contributed by atoms with Crippen molar-refractivity contribution in [1.29, 1.82) is 0 Å². The summed E-state index contributed by atoms with van der Waals surface area (Å²) in [7, 11) is 0. The van der Waals surface area contributed by atoms with Gasteiger partial charge in [0.25, 0.3) is 5.91 Å². The van der Waals surface area contributed by atoms with Crippen molar-refractivity contribution in [2.45, 2.75) is 38.3 Å². The van der Waals surface area contributed by atoms with Gasteiger partial charge in [0.15, 0.2) is 6.10 Å². The minimum atomic E-state index is -0.960. The normalized spacial score (nSPS) is 19.9. The molecule has 1 aliphatic rings. The van der Waals surface area contributed by atoms with E-state index in [9.17, 15) is 14.7 Å². The zero-order valence-corrected chi connectivity index (χ0v) is 12.5. The molecule has 114 valence electrons. The highest BCUT2D eigenvalue weighted by atomic mass is 35.5. The van der Waals surface area contributed by atoms with Crippen LogP contribution in [-0.2, 0) is 9.59 Å². The van der Waals surface area contributed by atoms with Crippen molar-refractivity contribution in [3.05, 3.63) is 29.3 Å². The number of nitrogens with zero attached hydrogens (tertiary/aromatic N) is 1. The number of halogens is 1. The molecule has 1 N–H and O–H groups in total. The highest BCUT2D eigenvalue weighted by Crippen LogP contribution is 2.22. The largest absolute Gasteiger partial charge is 0.481 e. The standard InChI is InChI=1S/C15H18ClNO4/c1-10(21-12-6-4-5-11(16)9-12)14(18)17-8-3-2-7-13(17)15(19)20/h4-6,9-10,13H,2-3,7-8H2,1H3,(H,19,20)/t10?,13-/m1/s1. The van der Waals surface area contributed by atoms with E-state index in [2.05, 4.69) is 0 Å². The minimum Gasteiger partial charge on any atom is -0.481 e. The average Bonchev–Trinajstić information content (AvgIpc) is 2.46. The van der Waals surface area contributed by atoms with Crippen molar-refractivity contribution < 1.29 is 19.4 Å². The molecule has 21 heavy (non-hydrogen) atoms. The first-order chi connectivity index (χ1) is 9.99. The SMILES string of the molecule is CC(Oc1cccc(Cl)c1)C(=O)N1CCCC[C@@H]1C(=O)O. The number of aliphatic carboxylic acids is 1. The molecule has 2 atom stereocenters. The number of hydrogen-bond acceptors (Lipinski definition) is 3. The Morgan fingerprint density at radius 1 is 1.43 bits per heavy atom. The first-order valence-corrected chi connectivity index (χ1v) is 7.32.